The molecule has 0 bridgehead atoms. The number of hydrogen-bond donors (Lipinski definition) is 0. The van der Waals surface area contributed by atoms with E-state index < -0.39 is 11.1 Å². The normalized spacial score (nSPS) is 19.0. The van der Waals surface area contributed by atoms with Crippen molar-refractivity contribution in [3.8, 4) is 0 Å². The quantitative estimate of drug-likeness (QED) is 0.392. The maximum Gasteiger partial charge on any atom is 0.133 e. The third-order valence-electron chi connectivity index (χ3n) is 6.12. The third kappa shape index (κ3) is 7.12. The highest BCUT2D eigenvalue weighted by atomic mass is 35.5. The van der Waals surface area contributed by atoms with E-state index in [0.717, 1.165) is 44.5 Å². The van der Waals surface area contributed by atoms with Gasteiger partial charge in [-0.25, -0.2) is 0 Å². The zero-order chi connectivity index (χ0) is 22.4. The summed E-state index contributed by atoms with van der Waals surface area (Å²) in [4.78, 5) is 14.8. The molecule has 1 aliphatic heterocycles. The molecule has 0 aliphatic carbocycles. The maximum atomic E-state index is 12.6. The number of nitrogens with zero attached hydrogens (tertiary/aromatic N) is 2. The molecule has 1 aromatic carbocycles. The molecule has 1 radical (unpaired) electrons. The van der Waals surface area contributed by atoms with Gasteiger partial charge in [-0.05, 0) is 77.0 Å². The Morgan fingerprint density at radius 2 is 1.57 bits per heavy atom. The number of alkyl halides is 2. The summed E-state index contributed by atoms with van der Waals surface area (Å²) in [5.74, 6) is 1.76. The van der Waals surface area contributed by atoms with Crippen LogP contribution in [0.5, 0.6) is 0 Å². The van der Waals surface area contributed by atoms with Crippen LogP contribution in [0.4, 0.5) is 5.69 Å². The van der Waals surface area contributed by atoms with Gasteiger partial charge in [0.1, 0.15) is 5.78 Å². The van der Waals surface area contributed by atoms with E-state index in [2.05, 4.69) is 29.2 Å². The summed E-state index contributed by atoms with van der Waals surface area (Å²) in [6, 6.07) is 8.48. The van der Waals surface area contributed by atoms with E-state index in [4.69, 9.17) is 23.2 Å². The van der Waals surface area contributed by atoms with Crippen LogP contribution in [-0.2, 0) is 16.4 Å². The van der Waals surface area contributed by atoms with Crippen LogP contribution < -0.4 is 4.90 Å². The van der Waals surface area contributed by atoms with Gasteiger partial charge in [-0.2, -0.15) is 0 Å². The topological polar surface area (TPSA) is 43.5 Å². The van der Waals surface area contributed by atoms with Gasteiger partial charge in [0.05, 0.1) is 0 Å². The second-order valence-corrected chi connectivity index (χ2v) is 10.6. The molecule has 0 atom stereocenters. The van der Waals surface area contributed by atoms with Crippen molar-refractivity contribution in [3.05, 3.63) is 29.8 Å². The summed E-state index contributed by atoms with van der Waals surface area (Å²) < 4.78 is 0. The van der Waals surface area contributed by atoms with Crippen molar-refractivity contribution < 1.29 is 10.0 Å². The number of Topliss-reactive ketones (excluding diaryl/α,β-unsaturated/α-hetero) is 1. The Bertz CT molecular complexity index is 652. The predicted molar refractivity (Wildman–Crippen MR) is 126 cm³/mol. The Hall–Kier alpha value is -0.810. The van der Waals surface area contributed by atoms with E-state index in [1.165, 1.54) is 10.6 Å². The first-order valence-electron chi connectivity index (χ1n) is 11.0. The first-order valence-corrected chi connectivity index (χ1v) is 12.1. The van der Waals surface area contributed by atoms with Crippen LogP contribution in [0.15, 0.2) is 24.3 Å². The minimum atomic E-state index is -0.407. The average molecular weight is 456 g/mol. The summed E-state index contributed by atoms with van der Waals surface area (Å²) in [6.45, 7) is 9.52. The lowest BCUT2D eigenvalue weighted by atomic mass is 9.73. The molecule has 0 aromatic heterocycles. The summed E-state index contributed by atoms with van der Waals surface area (Å²) >= 11 is 11.8. The van der Waals surface area contributed by atoms with Gasteiger partial charge >= 0.3 is 0 Å². The lowest BCUT2D eigenvalue weighted by Crippen LogP contribution is -2.58. The molecule has 1 aromatic rings. The number of hydroxylamine groups is 2. The molecule has 1 saturated heterocycles. The second-order valence-electron chi connectivity index (χ2n) is 9.82. The van der Waals surface area contributed by atoms with Gasteiger partial charge in [-0.1, -0.05) is 12.1 Å². The van der Waals surface area contributed by atoms with E-state index in [0.29, 0.717) is 36.3 Å². The molecule has 0 amide bonds. The highest BCUT2D eigenvalue weighted by Gasteiger charge is 2.46. The average Bonchev–Trinajstić information content (AvgIpc) is 2.66. The molecular weight excluding hydrogens is 419 g/mol. The second kappa shape index (κ2) is 11.2. The zero-order valence-electron chi connectivity index (χ0n) is 18.9. The molecule has 30 heavy (non-hydrogen) atoms. The number of anilines is 1. The van der Waals surface area contributed by atoms with Gasteiger partial charge in [0.2, 0.25) is 0 Å². The van der Waals surface area contributed by atoms with Gasteiger partial charge in [-0.3, -0.25) is 4.79 Å². The van der Waals surface area contributed by atoms with Gasteiger partial charge in [0.25, 0.3) is 0 Å². The van der Waals surface area contributed by atoms with Crippen molar-refractivity contribution in [2.24, 2.45) is 5.92 Å². The molecule has 0 saturated carbocycles. The fraction of sp³-hybridized carbons (Fsp3) is 0.708. The van der Waals surface area contributed by atoms with Gasteiger partial charge < -0.3 is 4.90 Å². The van der Waals surface area contributed by atoms with Crippen LogP contribution in [0, 0.1) is 5.92 Å². The van der Waals surface area contributed by atoms with Crippen LogP contribution in [0.3, 0.4) is 0 Å². The molecule has 6 heteroatoms. The summed E-state index contributed by atoms with van der Waals surface area (Å²) in [6.07, 6.45) is 4.52. The summed E-state index contributed by atoms with van der Waals surface area (Å²) in [7, 11) is 0. The molecule has 1 fully saturated rings. The number of carbonyl (C=O) groups is 1. The highest BCUT2D eigenvalue weighted by Crippen LogP contribution is 2.41. The lowest BCUT2D eigenvalue weighted by Gasteiger charge is -2.50. The zero-order valence-corrected chi connectivity index (χ0v) is 20.4. The lowest BCUT2D eigenvalue weighted by molar-refractivity contribution is -0.294. The van der Waals surface area contributed by atoms with Crippen molar-refractivity contribution in [1.29, 1.82) is 0 Å². The number of benzene rings is 1. The van der Waals surface area contributed by atoms with Crippen molar-refractivity contribution in [3.63, 3.8) is 0 Å². The monoisotopic (exact) mass is 455 g/mol. The van der Waals surface area contributed by atoms with E-state index in [9.17, 15) is 10.0 Å². The summed E-state index contributed by atoms with van der Waals surface area (Å²) in [5, 5.41) is 13.7. The standard InChI is InChI=1S/C24H37Cl2N2O2/c1-23(2)17-20(18-24(3,4)28(23)30)16-22(29)7-5-6-19-8-10-21(11-9-19)27(14-12-25)15-13-26/h8-11,20H,5-7,12-18H2,1-4H3. The Morgan fingerprint density at radius 1 is 1.03 bits per heavy atom. The molecule has 0 unspecified atom stereocenters. The van der Waals surface area contributed by atoms with Gasteiger partial charge in [0.15, 0.2) is 0 Å². The molecular formula is C24H37Cl2N2O2. The Balaban J connectivity index is 1.80. The smallest absolute Gasteiger partial charge is 0.133 e. The van der Waals surface area contributed by atoms with Crippen LogP contribution in [0.2, 0.25) is 0 Å². The Kier molecular flexibility index (Phi) is 9.48. The van der Waals surface area contributed by atoms with Crippen LogP contribution in [-0.4, -0.2) is 46.8 Å². The van der Waals surface area contributed by atoms with Crippen LogP contribution >= 0.6 is 23.2 Å². The molecule has 1 aliphatic rings. The van der Waals surface area contributed by atoms with Gasteiger partial charge in [0, 0.05) is 54.5 Å². The first-order chi connectivity index (χ1) is 14.1. The van der Waals surface area contributed by atoms with Crippen molar-refractivity contribution in [2.45, 2.75) is 77.3 Å². The van der Waals surface area contributed by atoms with Crippen LogP contribution in [0.1, 0.15) is 65.4 Å². The van der Waals surface area contributed by atoms with Crippen molar-refractivity contribution in [1.82, 2.24) is 5.06 Å². The minimum Gasteiger partial charge on any atom is -0.369 e. The third-order valence-corrected chi connectivity index (χ3v) is 6.46. The largest absolute Gasteiger partial charge is 0.369 e. The number of ketones is 1. The molecule has 4 nitrogen and oxygen atoms in total. The number of aryl methyl sites for hydroxylation is 1. The predicted octanol–water partition coefficient (Wildman–Crippen LogP) is 5.87. The van der Waals surface area contributed by atoms with E-state index in [1.54, 1.807) is 0 Å². The SMILES string of the molecule is CC1(C)CC(CC(=O)CCCc2ccc(N(CCCl)CCCl)cc2)CC(C)(C)N1[O]. The van der Waals surface area contributed by atoms with Crippen molar-refractivity contribution in [2.75, 3.05) is 29.7 Å². The number of piperidine rings is 1. The number of hydrogen-bond acceptors (Lipinski definition) is 3. The first kappa shape index (κ1) is 25.5. The van der Waals surface area contributed by atoms with E-state index >= 15 is 0 Å². The molecule has 2 rings (SSSR count). The number of rotatable bonds is 11. The fourth-order valence-corrected chi connectivity index (χ4v) is 5.38. The van der Waals surface area contributed by atoms with Gasteiger partial charge in [-0.15, -0.1) is 33.5 Å². The number of carbonyl (C=O) groups excluding carboxylic acids is 1. The Labute approximate surface area is 192 Å². The molecule has 0 N–H and O–H groups in total. The fourth-order valence-electron chi connectivity index (χ4n) is 4.98. The van der Waals surface area contributed by atoms with Crippen molar-refractivity contribution >= 4 is 34.7 Å². The maximum absolute atomic E-state index is 12.6. The molecule has 1 heterocycles. The minimum absolute atomic E-state index is 0.293. The molecule has 169 valence electrons. The van der Waals surface area contributed by atoms with E-state index in [1.807, 2.05) is 27.7 Å². The van der Waals surface area contributed by atoms with Crippen LogP contribution in [0.25, 0.3) is 0 Å². The number of halogens is 2. The Morgan fingerprint density at radius 3 is 2.07 bits per heavy atom. The molecule has 0 spiro atoms. The van der Waals surface area contributed by atoms with E-state index in [-0.39, 0.29) is 0 Å². The highest BCUT2D eigenvalue weighted by molar-refractivity contribution is 6.18. The summed E-state index contributed by atoms with van der Waals surface area (Å²) in [5.41, 5.74) is 1.56.